The van der Waals surface area contributed by atoms with Gasteiger partial charge in [0, 0.05) is 5.92 Å². The molecule has 0 fully saturated rings. The summed E-state index contributed by atoms with van der Waals surface area (Å²) in [5, 5.41) is 17.4. The Morgan fingerprint density at radius 3 is 2.50 bits per heavy atom. The number of allylic oxidation sites excluding steroid dienone is 2. The van der Waals surface area contributed by atoms with Gasteiger partial charge in [0.05, 0.1) is 0 Å². The van der Waals surface area contributed by atoms with Crippen LogP contribution in [-0.2, 0) is 0 Å². The number of hydrogen-bond donors (Lipinski definition) is 2. The van der Waals surface area contributed by atoms with E-state index in [1.54, 1.807) is 0 Å². The SMILES string of the molecule is OB(O)C1=CCC(C(F)F)CC1. The molecular weight excluding hydrogens is 165 g/mol. The molecule has 2 N–H and O–H groups in total. The molecule has 0 aliphatic heterocycles. The summed E-state index contributed by atoms with van der Waals surface area (Å²) in [4.78, 5) is 0. The van der Waals surface area contributed by atoms with Gasteiger partial charge in [0.2, 0.25) is 6.43 Å². The predicted octanol–water partition coefficient (Wildman–Crippen LogP) is 0.990. The van der Waals surface area contributed by atoms with Crippen LogP contribution >= 0.6 is 0 Å². The van der Waals surface area contributed by atoms with Gasteiger partial charge >= 0.3 is 7.12 Å². The second-order valence-corrected chi connectivity index (χ2v) is 3.02. The van der Waals surface area contributed by atoms with Crippen LogP contribution in [0, 0.1) is 5.92 Å². The smallest absolute Gasteiger partial charge is 0.423 e. The fourth-order valence-corrected chi connectivity index (χ4v) is 1.34. The van der Waals surface area contributed by atoms with E-state index in [9.17, 15) is 8.78 Å². The van der Waals surface area contributed by atoms with Gasteiger partial charge in [-0.05, 0) is 24.7 Å². The van der Waals surface area contributed by atoms with Gasteiger partial charge in [0.1, 0.15) is 0 Å². The van der Waals surface area contributed by atoms with Crippen LogP contribution < -0.4 is 0 Å². The molecule has 0 aromatic rings. The van der Waals surface area contributed by atoms with Crippen LogP contribution in [-0.4, -0.2) is 23.6 Å². The van der Waals surface area contributed by atoms with E-state index >= 15 is 0 Å². The minimum atomic E-state index is -2.29. The third kappa shape index (κ3) is 2.28. The van der Waals surface area contributed by atoms with Crippen molar-refractivity contribution < 1.29 is 18.8 Å². The monoisotopic (exact) mass is 176 g/mol. The zero-order chi connectivity index (χ0) is 9.14. The second-order valence-electron chi connectivity index (χ2n) is 3.02. The Balaban J connectivity index is 2.47. The summed E-state index contributed by atoms with van der Waals surface area (Å²) in [5.41, 5.74) is 0.465. The van der Waals surface area contributed by atoms with E-state index in [0.717, 1.165) is 0 Å². The first-order valence-electron chi connectivity index (χ1n) is 3.94. The average Bonchev–Trinajstić information content (AvgIpc) is 2.04. The summed E-state index contributed by atoms with van der Waals surface area (Å²) in [6.07, 6.45) is 0.183. The minimum absolute atomic E-state index is 0.255. The van der Waals surface area contributed by atoms with E-state index in [-0.39, 0.29) is 6.42 Å². The maximum absolute atomic E-state index is 12.1. The molecule has 0 radical (unpaired) electrons. The lowest BCUT2D eigenvalue weighted by Gasteiger charge is -2.20. The maximum Gasteiger partial charge on any atom is 0.483 e. The molecule has 1 rings (SSSR count). The van der Waals surface area contributed by atoms with Crippen molar-refractivity contribution in [3.63, 3.8) is 0 Å². The molecule has 0 spiro atoms. The molecule has 0 amide bonds. The Hall–Kier alpha value is -0.415. The molecule has 1 atom stereocenters. The molecular formula is C7H11BF2O2. The summed E-state index contributed by atoms with van der Waals surface area (Å²) in [7, 11) is -1.47. The highest BCUT2D eigenvalue weighted by Crippen LogP contribution is 2.28. The standard InChI is InChI=1S/C7H11BF2O2/c9-7(10)5-1-3-6(4-2-5)8(11)12/h3,5,7,11-12H,1-2,4H2. The van der Waals surface area contributed by atoms with Crippen LogP contribution in [0.15, 0.2) is 11.5 Å². The number of halogens is 2. The highest BCUT2D eigenvalue weighted by Gasteiger charge is 2.26. The summed E-state index contributed by atoms with van der Waals surface area (Å²) < 4.78 is 24.2. The van der Waals surface area contributed by atoms with E-state index in [1.807, 2.05) is 0 Å². The Labute approximate surface area is 70.0 Å². The Morgan fingerprint density at radius 1 is 1.50 bits per heavy atom. The molecule has 0 aromatic carbocycles. The summed E-state index contributed by atoms with van der Waals surface area (Å²) >= 11 is 0. The summed E-state index contributed by atoms with van der Waals surface area (Å²) in [6, 6.07) is 0. The molecule has 1 aliphatic rings. The molecule has 0 aromatic heterocycles. The van der Waals surface area contributed by atoms with Crippen molar-refractivity contribution in [2.75, 3.05) is 0 Å². The van der Waals surface area contributed by atoms with Gasteiger partial charge in [0.15, 0.2) is 0 Å². The fourth-order valence-electron chi connectivity index (χ4n) is 1.34. The number of hydrogen-bond acceptors (Lipinski definition) is 2. The van der Waals surface area contributed by atoms with E-state index in [1.165, 1.54) is 6.08 Å². The van der Waals surface area contributed by atoms with Crippen molar-refractivity contribution in [3.05, 3.63) is 11.5 Å². The van der Waals surface area contributed by atoms with Crippen molar-refractivity contribution >= 4 is 7.12 Å². The Bertz CT molecular complexity index is 182. The van der Waals surface area contributed by atoms with Crippen LogP contribution in [0.3, 0.4) is 0 Å². The molecule has 0 heterocycles. The Morgan fingerprint density at radius 2 is 2.17 bits per heavy atom. The largest absolute Gasteiger partial charge is 0.483 e. The molecule has 0 saturated carbocycles. The maximum atomic E-state index is 12.1. The van der Waals surface area contributed by atoms with E-state index in [4.69, 9.17) is 10.0 Å². The fraction of sp³-hybridized carbons (Fsp3) is 0.714. The zero-order valence-electron chi connectivity index (χ0n) is 6.58. The van der Waals surface area contributed by atoms with Gasteiger partial charge in [-0.15, -0.1) is 0 Å². The molecule has 1 unspecified atom stereocenters. The number of rotatable bonds is 2. The average molecular weight is 176 g/mol. The molecule has 0 saturated heterocycles. The van der Waals surface area contributed by atoms with Crippen LogP contribution in [0.25, 0.3) is 0 Å². The molecule has 68 valence electrons. The van der Waals surface area contributed by atoms with Crippen LogP contribution in [0.2, 0.25) is 0 Å². The lowest BCUT2D eigenvalue weighted by atomic mass is 9.71. The minimum Gasteiger partial charge on any atom is -0.423 e. The van der Waals surface area contributed by atoms with Crippen molar-refractivity contribution in [1.29, 1.82) is 0 Å². The summed E-state index contributed by atoms with van der Waals surface area (Å²) in [6.45, 7) is 0. The van der Waals surface area contributed by atoms with Crippen molar-refractivity contribution in [3.8, 4) is 0 Å². The van der Waals surface area contributed by atoms with E-state index in [0.29, 0.717) is 18.3 Å². The summed E-state index contributed by atoms with van der Waals surface area (Å²) in [5.74, 6) is -0.604. The molecule has 5 heteroatoms. The van der Waals surface area contributed by atoms with Crippen molar-refractivity contribution in [2.24, 2.45) is 5.92 Å². The van der Waals surface area contributed by atoms with Crippen LogP contribution in [0.5, 0.6) is 0 Å². The Kier molecular flexibility index (Phi) is 3.23. The van der Waals surface area contributed by atoms with Crippen LogP contribution in [0.4, 0.5) is 8.78 Å². The van der Waals surface area contributed by atoms with E-state index in [2.05, 4.69) is 0 Å². The highest BCUT2D eigenvalue weighted by molar-refractivity contribution is 6.50. The van der Waals surface area contributed by atoms with Gasteiger partial charge in [-0.3, -0.25) is 0 Å². The third-order valence-electron chi connectivity index (χ3n) is 2.17. The lowest BCUT2D eigenvalue weighted by Crippen LogP contribution is -2.22. The topological polar surface area (TPSA) is 40.5 Å². The molecule has 0 bridgehead atoms. The highest BCUT2D eigenvalue weighted by atomic mass is 19.3. The molecule has 2 nitrogen and oxygen atoms in total. The normalized spacial score (nSPS) is 24.1. The number of alkyl halides is 2. The third-order valence-corrected chi connectivity index (χ3v) is 2.17. The molecule has 1 aliphatic carbocycles. The van der Waals surface area contributed by atoms with Gasteiger partial charge in [-0.1, -0.05) is 6.08 Å². The van der Waals surface area contributed by atoms with Crippen molar-refractivity contribution in [1.82, 2.24) is 0 Å². The van der Waals surface area contributed by atoms with Crippen molar-refractivity contribution in [2.45, 2.75) is 25.7 Å². The van der Waals surface area contributed by atoms with Gasteiger partial charge in [-0.25, -0.2) is 8.78 Å². The first-order chi connectivity index (χ1) is 5.61. The van der Waals surface area contributed by atoms with Gasteiger partial charge in [-0.2, -0.15) is 0 Å². The van der Waals surface area contributed by atoms with Gasteiger partial charge < -0.3 is 10.0 Å². The first-order valence-corrected chi connectivity index (χ1v) is 3.94. The first kappa shape index (κ1) is 9.67. The van der Waals surface area contributed by atoms with Crippen LogP contribution in [0.1, 0.15) is 19.3 Å². The second kappa shape index (κ2) is 4.00. The lowest BCUT2D eigenvalue weighted by molar-refractivity contribution is 0.0716. The van der Waals surface area contributed by atoms with Gasteiger partial charge in [0.25, 0.3) is 0 Å². The predicted molar refractivity (Wildman–Crippen MR) is 41.6 cm³/mol. The zero-order valence-corrected chi connectivity index (χ0v) is 6.58. The quantitative estimate of drug-likeness (QED) is 0.615. The van der Waals surface area contributed by atoms with E-state index < -0.39 is 19.5 Å². The molecule has 12 heavy (non-hydrogen) atoms.